The van der Waals surface area contributed by atoms with Gasteiger partial charge in [0, 0.05) is 0 Å². The summed E-state index contributed by atoms with van der Waals surface area (Å²) in [7, 11) is 0. The molecule has 0 nitrogen and oxygen atoms in total. The summed E-state index contributed by atoms with van der Waals surface area (Å²) in [6.45, 7) is 0. The van der Waals surface area contributed by atoms with Crippen LogP contribution in [0.3, 0.4) is 0 Å². The van der Waals surface area contributed by atoms with Crippen molar-refractivity contribution in [1.29, 1.82) is 0 Å². The molecule has 0 aliphatic carbocycles. The molecule has 0 radical (unpaired) electrons. The van der Waals surface area contributed by atoms with Gasteiger partial charge in [0.2, 0.25) is 0 Å². The summed E-state index contributed by atoms with van der Waals surface area (Å²) in [6.07, 6.45) is 0. The normalized spacial score (nSPS) is 0. The number of halogens is 4. The Bertz CT molecular complexity index is 7.51. The van der Waals surface area contributed by atoms with Gasteiger partial charge in [-0.1, -0.05) is 0 Å². The first kappa shape index (κ1) is 63.4. The number of hydrogen-bond acceptors (Lipinski definition) is 0. The quantitative estimate of drug-likeness (QED) is 0.348. The molecule has 0 aromatic rings. The Morgan fingerprint density at radius 3 is 0.500 bits per heavy atom. The smallest absolute Gasteiger partial charge is 1.00 e. The molecular formula is Cl4NaSc. The summed E-state index contributed by atoms with van der Waals surface area (Å²) in [5.74, 6) is 0. The van der Waals surface area contributed by atoms with Gasteiger partial charge in [0.1, 0.15) is 0 Å². The van der Waals surface area contributed by atoms with Crippen molar-refractivity contribution in [1.82, 2.24) is 0 Å². The molecule has 0 aromatic carbocycles. The summed E-state index contributed by atoms with van der Waals surface area (Å²) in [6, 6.07) is 0. The minimum atomic E-state index is 0. The van der Waals surface area contributed by atoms with Crippen LogP contribution < -0.4 is 79.2 Å². The van der Waals surface area contributed by atoms with Crippen LogP contribution in [0.4, 0.5) is 0 Å². The van der Waals surface area contributed by atoms with E-state index in [0.29, 0.717) is 0 Å². The van der Waals surface area contributed by atoms with Gasteiger partial charge < -0.3 is 49.6 Å². The Morgan fingerprint density at radius 1 is 0.500 bits per heavy atom. The Kier molecular flexibility index (Phi) is 457. The summed E-state index contributed by atoms with van der Waals surface area (Å²) < 4.78 is 0. The van der Waals surface area contributed by atoms with E-state index in [1.54, 1.807) is 0 Å². The molecule has 0 saturated heterocycles. The molecule has 0 bridgehead atoms. The van der Waals surface area contributed by atoms with Gasteiger partial charge in [0.15, 0.2) is 0 Å². The third-order valence-corrected chi connectivity index (χ3v) is 0. The monoisotopic (exact) mass is 208 g/mol. The van der Waals surface area contributed by atoms with E-state index < -0.39 is 0 Å². The van der Waals surface area contributed by atoms with Gasteiger partial charge in [-0.2, -0.15) is 0 Å². The first-order chi connectivity index (χ1) is 0. The Labute approximate surface area is 103 Å². The zero-order chi connectivity index (χ0) is 0. The molecule has 0 saturated carbocycles. The number of rotatable bonds is 0. The predicted molar refractivity (Wildman–Crippen MR) is 0 cm³/mol. The maximum atomic E-state index is 0. The second-order valence-electron chi connectivity index (χ2n) is 0. The SMILES string of the molecule is [Cl-].[Cl-].[Cl-].[Cl-].[Na+].[Sc+3]. The molecule has 0 aromatic heterocycles. The van der Waals surface area contributed by atoms with E-state index >= 15 is 0 Å². The molecular weight excluding hydrogens is 210 g/mol. The summed E-state index contributed by atoms with van der Waals surface area (Å²) >= 11 is 0. The van der Waals surface area contributed by atoms with Crippen LogP contribution in [0.5, 0.6) is 0 Å². The molecule has 0 heterocycles. The van der Waals surface area contributed by atoms with E-state index in [9.17, 15) is 0 Å². The topological polar surface area (TPSA) is 0 Å². The maximum absolute atomic E-state index is 0. The van der Waals surface area contributed by atoms with E-state index in [1.807, 2.05) is 0 Å². The van der Waals surface area contributed by atoms with Crippen molar-refractivity contribution < 1.29 is 105 Å². The Hall–Kier alpha value is 3.03. The first-order valence-electron chi connectivity index (χ1n) is 0. The van der Waals surface area contributed by atoms with Gasteiger partial charge in [-0.15, -0.1) is 0 Å². The molecule has 0 rings (SSSR count). The van der Waals surface area contributed by atoms with Crippen molar-refractivity contribution in [3.8, 4) is 0 Å². The van der Waals surface area contributed by atoms with E-state index in [1.165, 1.54) is 0 Å². The standard InChI is InChI=1S/4ClH.Na.Sc/h4*1H;;/q;;;;+1;+3/p-4. The number of hydrogen-bond donors (Lipinski definition) is 0. The Morgan fingerprint density at radius 2 is 0.500 bits per heavy atom. The van der Waals surface area contributed by atoms with Crippen molar-refractivity contribution in [3.05, 3.63) is 0 Å². The summed E-state index contributed by atoms with van der Waals surface area (Å²) in [5, 5.41) is 0. The van der Waals surface area contributed by atoms with Crippen molar-refractivity contribution in [2.24, 2.45) is 0 Å². The van der Waals surface area contributed by atoms with Crippen LogP contribution in [-0.2, 0) is 25.8 Å². The van der Waals surface area contributed by atoms with Crippen molar-refractivity contribution >= 4 is 0 Å². The van der Waals surface area contributed by atoms with Crippen LogP contribution >= 0.6 is 0 Å². The van der Waals surface area contributed by atoms with Crippen LogP contribution in [0.15, 0.2) is 0 Å². The third kappa shape index (κ3) is 27.8. The second kappa shape index (κ2) is 43.2. The van der Waals surface area contributed by atoms with Crippen molar-refractivity contribution in [2.45, 2.75) is 0 Å². The minimum absolute atomic E-state index is 0. The maximum Gasteiger partial charge on any atom is 3.00 e. The average molecular weight is 210 g/mol. The largest absolute Gasteiger partial charge is 3.00 e. The molecule has 0 aliphatic heterocycles. The molecule has 0 N–H and O–H groups in total. The fraction of sp³-hybridized carbons (Fsp3) is 0. The fourth-order valence-corrected chi connectivity index (χ4v) is 0. The first-order valence-corrected chi connectivity index (χ1v) is 0. The molecule has 6 heteroatoms. The van der Waals surface area contributed by atoms with Gasteiger partial charge in [-0.05, 0) is 0 Å². The zero-order valence-corrected chi connectivity index (χ0v) is 9.92. The van der Waals surface area contributed by atoms with Crippen LogP contribution in [0.2, 0.25) is 0 Å². The van der Waals surface area contributed by atoms with Crippen LogP contribution in [0, 0.1) is 0 Å². The molecule has 0 spiro atoms. The van der Waals surface area contributed by atoms with Crippen molar-refractivity contribution in [3.63, 3.8) is 0 Å². The molecule has 6 heavy (non-hydrogen) atoms. The van der Waals surface area contributed by atoms with Gasteiger partial charge in [-0.25, -0.2) is 0 Å². The van der Waals surface area contributed by atoms with Gasteiger partial charge in [0.25, 0.3) is 0 Å². The van der Waals surface area contributed by atoms with Crippen LogP contribution in [0.1, 0.15) is 0 Å². The summed E-state index contributed by atoms with van der Waals surface area (Å²) in [5.41, 5.74) is 0. The van der Waals surface area contributed by atoms with E-state index in [0.717, 1.165) is 0 Å². The van der Waals surface area contributed by atoms with E-state index in [2.05, 4.69) is 0 Å². The third-order valence-electron chi connectivity index (χ3n) is 0. The Balaban J connectivity index is 0. The van der Waals surface area contributed by atoms with Crippen molar-refractivity contribution in [2.75, 3.05) is 0 Å². The fourth-order valence-electron chi connectivity index (χ4n) is 0. The van der Waals surface area contributed by atoms with Gasteiger partial charge in [-0.3, -0.25) is 0 Å². The molecule has 0 aliphatic rings. The molecule has 0 amide bonds. The average Bonchev–Trinajstić information content (AvgIpc) is 0. The van der Waals surface area contributed by atoms with Crippen LogP contribution in [-0.4, -0.2) is 0 Å². The zero-order valence-electron chi connectivity index (χ0n) is 3.09. The van der Waals surface area contributed by atoms with E-state index in [-0.39, 0.29) is 105 Å². The van der Waals surface area contributed by atoms with Crippen LogP contribution in [0.25, 0.3) is 0 Å². The molecule has 0 unspecified atom stereocenters. The predicted octanol–water partition coefficient (Wildman–Crippen LogP) is -15.0. The molecule has 32 valence electrons. The van der Waals surface area contributed by atoms with Gasteiger partial charge in [0.05, 0.1) is 0 Å². The summed E-state index contributed by atoms with van der Waals surface area (Å²) in [4.78, 5) is 0. The van der Waals surface area contributed by atoms with E-state index in [4.69, 9.17) is 0 Å². The molecule has 0 atom stereocenters. The second-order valence-corrected chi connectivity index (χ2v) is 0. The van der Waals surface area contributed by atoms with Gasteiger partial charge >= 0.3 is 55.4 Å². The molecule has 0 fully saturated rings. The minimum Gasteiger partial charge on any atom is -1.00 e.